The molecule has 0 aliphatic carbocycles. The summed E-state index contributed by atoms with van der Waals surface area (Å²) < 4.78 is 0. The molecule has 7 heteroatoms. The number of hydrogen-bond acceptors (Lipinski definition) is 4. The Morgan fingerprint density at radius 1 is 1.04 bits per heavy atom. The number of nitrogens with zero attached hydrogens (tertiary/aromatic N) is 1. The van der Waals surface area contributed by atoms with Crippen molar-refractivity contribution in [3.63, 3.8) is 0 Å². The van der Waals surface area contributed by atoms with Crippen molar-refractivity contribution in [2.45, 2.75) is 6.92 Å². The van der Waals surface area contributed by atoms with Crippen molar-refractivity contribution in [1.82, 2.24) is 4.98 Å². The molecule has 0 bridgehead atoms. The van der Waals surface area contributed by atoms with E-state index in [1.54, 1.807) is 24.3 Å². The SMILES string of the molecule is Cc1c(C(=O)O)nc2c(O)cc(-c3ccc(Cl)c(Cl)c3)cc2c1O. The molecule has 1 aromatic heterocycles. The van der Waals surface area contributed by atoms with E-state index in [4.69, 9.17) is 28.3 Å². The highest BCUT2D eigenvalue weighted by Crippen LogP contribution is 2.38. The second kappa shape index (κ2) is 5.85. The minimum absolute atomic E-state index is 0.0133. The van der Waals surface area contributed by atoms with Gasteiger partial charge in [0.1, 0.15) is 17.0 Å². The van der Waals surface area contributed by atoms with Crippen molar-refractivity contribution in [2.75, 3.05) is 0 Å². The number of halogens is 2. The second-order valence-electron chi connectivity index (χ2n) is 5.26. The lowest BCUT2D eigenvalue weighted by Crippen LogP contribution is -2.04. The molecule has 0 aliphatic heterocycles. The molecule has 2 aromatic carbocycles. The first-order chi connectivity index (χ1) is 11.3. The summed E-state index contributed by atoms with van der Waals surface area (Å²) in [5.41, 5.74) is 1.09. The summed E-state index contributed by atoms with van der Waals surface area (Å²) in [5.74, 6) is -1.77. The summed E-state index contributed by atoms with van der Waals surface area (Å²) in [6.07, 6.45) is 0. The third kappa shape index (κ3) is 2.62. The predicted molar refractivity (Wildman–Crippen MR) is 92.2 cm³/mol. The van der Waals surface area contributed by atoms with Gasteiger partial charge in [0.25, 0.3) is 0 Å². The van der Waals surface area contributed by atoms with E-state index in [1.165, 1.54) is 13.0 Å². The lowest BCUT2D eigenvalue weighted by molar-refractivity contribution is 0.0689. The van der Waals surface area contributed by atoms with Crippen LogP contribution in [0.4, 0.5) is 0 Å². The number of fused-ring (bicyclic) bond motifs is 1. The number of aromatic nitrogens is 1. The normalized spacial score (nSPS) is 11.0. The lowest BCUT2D eigenvalue weighted by Gasteiger charge is -2.11. The lowest BCUT2D eigenvalue weighted by atomic mass is 10.0. The highest BCUT2D eigenvalue weighted by molar-refractivity contribution is 6.42. The van der Waals surface area contributed by atoms with Crippen LogP contribution in [0.15, 0.2) is 30.3 Å². The molecule has 0 amide bonds. The average Bonchev–Trinajstić information content (AvgIpc) is 2.53. The topological polar surface area (TPSA) is 90.7 Å². The summed E-state index contributed by atoms with van der Waals surface area (Å²) in [7, 11) is 0. The monoisotopic (exact) mass is 363 g/mol. The van der Waals surface area contributed by atoms with Crippen LogP contribution in [0.5, 0.6) is 11.5 Å². The number of aromatic carboxylic acids is 1. The Hall–Kier alpha value is -2.50. The zero-order chi connectivity index (χ0) is 17.6. The Morgan fingerprint density at radius 2 is 1.75 bits per heavy atom. The molecule has 24 heavy (non-hydrogen) atoms. The molecule has 122 valence electrons. The van der Waals surface area contributed by atoms with Gasteiger partial charge in [-0.25, -0.2) is 9.78 Å². The first-order valence-corrected chi connectivity index (χ1v) is 7.60. The second-order valence-corrected chi connectivity index (χ2v) is 6.07. The van der Waals surface area contributed by atoms with Crippen LogP contribution in [-0.4, -0.2) is 26.3 Å². The fourth-order valence-electron chi connectivity index (χ4n) is 2.48. The van der Waals surface area contributed by atoms with Crippen LogP contribution in [-0.2, 0) is 0 Å². The third-order valence-corrected chi connectivity index (χ3v) is 4.47. The molecule has 0 aliphatic rings. The van der Waals surface area contributed by atoms with Crippen LogP contribution >= 0.6 is 23.2 Å². The average molecular weight is 364 g/mol. The number of benzene rings is 2. The van der Waals surface area contributed by atoms with Crippen molar-refractivity contribution in [3.8, 4) is 22.6 Å². The van der Waals surface area contributed by atoms with Gasteiger partial charge in [0.05, 0.1) is 10.0 Å². The van der Waals surface area contributed by atoms with E-state index >= 15 is 0 Å². The minimum atomic E-state index is -1.28. The molecule has 5 nitrogen and oxygen atoms in total. The summed E-state index contributed by atoms with van der Waals surface area (Å²) in [4.78, 5) is 15.1. The standard InChI is InChI=1S/C17H11Cl2NO4/c1-7-14(17(23)24)20-15-10(16(7)22)4-9(6-13(15)21)8-2-3-11(18)12(19)5-8/h2-6,21H,1H3,(H,20,22)(H,23,24). The molecule has 0 radical (unpaired) electrons. The molecular weight excluding hydrogens is 353 g/mol. The molecular formula is C17H11Cl2NO4. The Bertz CT molecular complexity index is 1000. The fourth-order valence-corrected chi connectivity index (χ4v) is 2.78. The molecule has 0 spiro atoms. The van der Waals surface area contributed by atoms with Gasteiger partial charge in [-0.15, -0.1) is 0 Å². The van der Waals surface area contributed by atoms with Crippen LogP contribution in [0, 0.1) is 6.92 Å². The largest absolute Gasteiger partial charge is 0.507 e. The fraction of sp³-hybridized carbons (Fsp3) is 0.0588. The summed E-state index contributed by atoms with van der Waals surface area (Å²) in [6, 6.07) is 8.01. The Morgan fingerprint density at radius 3 is 2.38 bits per heavy atom. The first kappa shape index (κ1) is 16.4. The van der Waals surface area contributed by atoms with Gasteiger partial charge in [0.2, 0.25) is 0 Å². The maximum atomic E-state index is 11.2. The zero-order valence-electron chi connectivity index (χ0n) is 12.3. The molecule has 0 fully saturated rings. The van der Waals surface area contributed by atoms with Crippen molar-refractivity contribution >= 4 is 40.1 Å². The van der Waals surface area contributed by atoms with Crippen LogP contribution in [0.25, 0.3) is 22.0 Å². The number of carbonyl (C=O) groups is 1. The molecule has 0 unspecified atom stereocenters. The highest BCUT2D eigenvalue weighted by atomic mass is 35.5. The van der Waals surface area contributed by atoms with E-state index in [9.17, 15) is 15.0 Å². The van der Waals surface area contributed by atoms with E-state index in [1.807, 2.05) is 0 Å². The number of carboxylic acid groups (broad SMARTS) is 1. The zero-order valence-corrected chi connectivity index (χ0v) is 13.9. The van der Waals surface area contributed by atoms with Gasteiger partial charge in [0.15, 0.2) is 5.69 Å². The number of rotatable bonds is 2. The van der Waals surface area contributed by atoms with Gasteiger partial charge in [-0.3, -0.25) is 0 Å². The highest BCUT2D eigenvalue weighted by Gasteiger charge is 2.19. The van der Waals surface area contributed by atoms with Crippen LogP contribution < -0.4 is 0 Å². The van der Waals surface area contributed by atoms with Gasteiger partial charge in [-0.2, -0.15) is 0 Å². The van der Waals surface area contributed by atoms with Crippen molar-refractivity contribution < 1.29 is 20.1 Å². The Balaban J connectivity index is 2.30. The molecule has 0 saturated heterocycles. The molecule has 3 N–H and O–H groups in total. The van der Waals surface area contributed by atoms with Gasteiger partial charge < -0.3 is 15.3 Å². The van der Waals surface area contributed by atoms with Crippen LogP contribution in [0.1, 0.15) is 16.1 Å². The molecule has 1 heterocycles. The van der Waals surface area contributed by atoms with E-state index in [0.29, 0.717) is 21.2 Å². The van der Waals surface area contributed by atoms with Gasteiger partial charge in [-0.05, 0) is 42.3 Å². The van der Waals surface area contributed by atoms with E-state index in [-0.39, 0.29) is 33.7 Å². The molecule has 3 rings (SSSR count). The third-order valence-electron chi connectivity index (χ3n) is 3.73. The summed E-state index contributed by atoms with van der Waals surface area (Å²) in [6.45, 7) is 1.45. The van der Waals surface area contributed by atoms with E-state index in [2.05, 4.69) is 4.98 Å². The van der Waals surface area contributed by atoms with Crippen molar-refractivity contribution in [1.29, 1.82) is 0 Å². The van der Waals surface area contributed by atoms with E-state index in [0.717, 1.165) is 0 Å². The number of phenols is 1. The number of hydrogen-bond donors (Lipinski definition) is 3. The maximum absolute atomic E-state index is 11.2. The summed E-state index contributed by atoms with van der Waals surface area (Å²) in [5, 5.41) is 30.7. The van der Waals surface area contributed by atoms with Crippen LogP contribution in [0.2, 0.25) is 10.0 Å². The number of carboxylic acids is 1. The van der Waals surface area contributed by atoms with Gasteiger partial charge in [-0.1, -0.05) is 29.3 Å². The van der Waals surface area contributed by atoms with Crippen molar-refractivity contribution in [3.05, 3.63) is 51.6 Å². The smallest absolute Gasteiger partial charge is 0.354 e. The maximum Gasteiger partial charge on any atom is 0.354 e. The first-order valence-electron chi connectivity index (χ1n) is 6.84. The van der Waals surface area contributed by atoms with Crippen LogP contribution in [0.3, 0.4) is 0 Å². The van der Waals surface area contributed by atoms with E-state index < -0.39 is 5.97 Å². The Kier molecular flexibility index (Phi) is 3.99. The quantitative estimate of drug-likeness (QED) is 0.617. The summed E-state index contributed by atoms with van der Waals surface area (Å²) >= 11 is 11.9. The molecule has 3 aromatic rings. The molecule has 0 saturated carbocycles. The number of aromatic hydroxyl groups is 2. The number of phenolic OH excluding ortho intramolecular Hbond substituents is 1. The predicted octanol–water partition coefficient (Wildman–Crippen LogP) is 4.63. The van der Waals surface area contributed by atoms with Gasteiger partial charge >= 0.3 is 5.97 Å². The Labute approximate surface area is 146 Å². The van der Waals surface area contributed by atoms with Gasteiger partial charge in [0, 0.05) is 10.9 Å². The molecule has 0 atom stereocenters. The minimum Gasteiger partial charge on any atom is -0.507 e. The van der Waals surface area contributed by atoms with Crippen molar-refractivity contribution in [2.24, 2.45) is 0 Å². The number of pyridine rings is 1.